The number of carbonyl (C=O) groups excluding carboxylic acids is 1. The van der Waals surface area contributed by atoms with Gasteiger partial charge in [0.2, 0.25) is 0 Å². The molecule has 1 aromatic heterocycles. The molecule has 4 heteroatoms. The van der Waals surface area contributed by atoms with Crippen LogP contribution in [0.15, 0.2) is 42.6 Å². The molecule has 2 aromatic rings. The van der Waals surface area contributed by atoms with Crippen LogP contribution in [-0.2, 0) is 13.6 Å². The average molecular weight is 281 g/mol. The van der Waals surface area contributed by atoms with Crippen molar-refractivity contribution in [3.8, 4) is 11.8 Å². The highest BCUT2D eigenvalue weighted by Gasteiger charge is 2.15. The Bertz CT molecular complexity index is 691. The minimum Gasteiger partial charge on any atom is -0.347 e. The monoisotopic (exact) mass is 281 g/mol. The Morgan fingerprint density at radius 1 is 1.29 bits per heavy atom. The van der Waals surface area contributed by atoms with E-state index < -0.39 is 0 Å². The zero-order valence-corrected chi connectivity index (χ0v) is 12.3. The molecule has 1 amide bonds. The maximum absolute atomic E-state index is 12.4. The lowest BCUT2D eigenvalue weighted by atomic mass is 10.1. The standard InChI is InChI=1S/C17H19N3O/c1-19-12-6-10-16(19)17(21)20(2)13-15-8-4-3-7-14(15)9-5-11-18/h3-4,6-8,10,12H,11,13,18H2,1-2H3. The second-order valence-corrected chi connectivity index (χ2v) is 4.83. The average Bonchev–Trinajstić information content (AvgIpc) is 2.91. The van der Waals surface area contributed by atoms with Crippen LogP contribution in [0.1, 0.15) is 21.6 Å². The van der Waals surface area contributed by atoms with E-state index in [9.17, 15) is 4.79 Å². The highest BCUT2D eigenvalue weighted by atomic mass is 16.2. The van der Waals surface area contributed by atoms with E-state index in [1.165, 1.54) is 0 Å². The summed E-state index contributed by atoms with van der Waals surface area (Å²) in [4.78, 5) is 14.1. The van der Waals surface area contributed by atoms with Crippen molar-refractivity contribution >= 4 is 5.91 Å². The van der Waals surface area contributed by atoms with Crippen molar-refractivity contribution in [3.05, 3.63) is 59.4 Å². The van der Waals surface area contributed by atoms with E-state index in [0.29, 0.717) is 18.8 Å². The quantitative estimate of drug-likeness (QED) is 0.869. The van der Waals surface area contributed by atoms with Crippen LogP contribution < -0.4 is 5.73 Å². The van der Waals surface area contributed by atoms with Crippen LogP contribution in [0.25, 0.3) is 0 Å². The molecule has 0 spiro atoms. The predicted molar refractivity (Wildman–Crippen MR) is 83.6 cm³/mol. The van der Waals surface area contributed by atoms with Crippen molar-refractivity contribution in [3.63, 3.8) is 0 Å². The van der Waals surface area contributed by atoms with Crippen molar-refractivity contribution < 1.29 is 4.79 Å². The Morgan fingerprint density at radius 2 is 2.05 bits per heavy atom. The maximum Gasteiger partial charge on any atom is 0.270 e. The summed E-state index contributed by atoms with van der Waals surface area (Å²) < 4.78 is 1.82. The molecule has 0 unspecified atom stereocenters. The van der Waals surface area contributed by atoms with E-state index in [4.69, 9.17) is 5.73 Å². The van der Waals surface area contributed by atoms with Gasteiger partial charge in [-0.25, -0.2) is 0 Å². The third-order valence-corrected chi connectivity index (χ3v) is 3.26. The number of rotatable bonds is 3. The number of hydrogen-bond acceptors (Lipinski definition) is 2. The lowest BCUT2D eigenvalue weighted by Gasteiger charge is -2.18. The minimum atomic E-state index is -0.0101. The molecule has 0 radical (unpaired) electrons. The van der Waals surface area contributed by atoms with Crippen LogP contribution in [-0.4, -0.2) is 29.0 Å². The number of amides is 1. The Balaban J connectivity index is 2.18. The predicted octanol–water partition coefficient (Wildman–Crippen LogP) is 1.61. The number of nitrogens with zero attached hydrogens (tertiary/aromatic N) is 2. The summed E-state index contributed by atoms with van der Waals surface area (Å²) in [5.74, 6) is 5.89. The first-order valence-corrected chi connectivity index (χ1v) is 6.77. The lowest BCUT2D eigenvalue weighted by Crippen LogP contribution is -2.28. The molecule has 0 saturated heterocycles. The number of carbonyl (C=O) groups is 1. The van der Waals surface area contributed by atoms with Gasteiger partial charge < -0.3 is 15.2 Å². The van der Waals surface area contributed by atoms with Crippen LogP contribution >= 0.6 is 0 Å². The molecule has 1 heterocycles. The molecule has 1 aromatic carbocycles. The van der Waals surface area contributed by atoms with Crippen molar-refractivity contribution in [1.29, 1.82) is 0 Å². The van der Waals surface area contributed by atoms with Gasteiger partial charge in [0.1, 0.15) is 5.69 Å². The Labute approximate surface area is 125 Å². The highest BCUT2D eigenvalue weighted by Crippen LogP contribution is 2.12. The summed E-state index contributed by atoms with van der Waals surface area (Å²) in [5, 5.41) is 0. The summed E-state index contributed by atoms with van der Waals surface area (Å²) in [6.07, 6.45) is 1.86. The molecule has 21 heavy (non-hydrogen) atoms. The molecular weight excluding hydrogens is 262 g/mol. The number of hydrogen-bond donors (Lipinski definition) is 1. The van der Waals surface area contributed by atoms with Crippen LogP contribution in [0.2, 0.25) is 0 Å². The summed E-state index contributed by atoms with van der Waals surface area (Å²) in [5.41, 5.74) is 8.01. The Morgan fingerprint density at radius 3 is 2.71 bits per heavy atom. The smallest absolute Gasteiger partial charge is 0.270 e. The number of aromatic nitrogens is 1. The molecule has 4 nitrogen and oxygen atoms in total. The van der Waals surface area contributed by atoms with Crippen molar-refractivity contribution in [2.45, 2.75) is 6.54 Å². The van der Waals surface area contributed by atoms with Gasteiger partial charge in [-0.3, -0.25) is 4.79 Å². The first kappa shape index (κ1) is 14.9. The third kappa shape index (κ3) is 3.53. The molecule has 0 bridgehead atoms. The van der Waals surface area contributed by atoms with Gasteiger partial charge in [0.15, 0.2) is 0 Å². The number of aryl methyl sites for hydroxylation is 1. The van der Waals surface area contributed by atoms with Crippen LogP contribution in [0, 0.1) is 11.8 Å². The summed E-state index contributed by atoms with van der Waals surface area (Å²) in [7, 11) is 3.66. The Kier molecular flexibility index (Phi) is 4.81. The molecule has 2 rings (SSSR count). The summed E-state index contributed by atoms with van der Waals surface area (Å²) >= 11 is 0. The number of benzene rings is 1. The van der Waals surface area contributed by atoms with E-state index in [2.05, 4.69) is 11.8 Å². The SMILES string of the molecule is CN(Cc1ccccc1C#CCN)C(=O)c1cccn1C. The molecule has 0 aliphatic rings. The first-order chi connectivity index (χ1) is 10.1. The van der Waals surface area contributed by atoms with Gasteiger partial charge in [0, 0.05) is 32.4 Å². The zero-order chi connectivity index (χ0) is 15.2. The van der Waals surface area contributed by atoms with Crippen molar-refractivity contribution in [2.75, 3.05) is 13.6 Å². The minimum absolute atomic E-state index is 0.0101. The normalized spacial score (nSPS) is 9.86. The maximum atomic E-state index is 12.4. The van der Waals surface area contributed by atoms with Gasteiger partial charge >= 0.3 is 0 Å². The fourth-order valence-corrected chi connectivity index (χ4v) is 2.13. The second-order valence-electron chi connectivity index (χ2n) is 4.83. The third-order valence-electron chi connectivity index (χ3n) is 3.26. The number of nitrogens with two attached hydrogens (primary N) is 1. The molecule has 0 aliphatic heterocycles. The van der Waals surface area contributed by atoms with E-state index in [1.54, 1.807) is 11.9 Å². The summed E-state index contributed by atoms with van der Waals surface area (Å²) in [6, 6.07) is 11.5. The molecule has 0 atom stereocenters. The van der Waals surface area contributed by atoms with Crippen molar-refractivity contribution in [1.82, 2.24) is 9.47 Å². The van der Waals surface area contributed by atoms with Crippen LogP contribution in [0.5, 0.6) is 0 Å². The molecule has 0 aliphatic carbocycles. The van der Waals surface area contributed by atoms with E-state index in [1.807, 2.05) is 54.2 Å². The fourth-order valence-electron chi connectivity index (χ4n) is 2.13. The van der Waals surface area contributed by atoms with E-state index in [-0.39, 0.29) is 5.91 Å². The van der Waals surface area contributed by atoms with Gasteiger partial charge in [-0.1, -0.05) is 30.0 Å². The fraction of sp³-hybridized carbons (Fsp3) is 0.235. The lowest BCUT2D eigenvalue weighted by molar-refractivity contribution is 0.0775. The van der Waals surface area contributed by atoms with Crippen LogP contribution in [0.3, 0.4) is 0 Å². The topological polar surface area (TPSA) is 51.3 Å². The van der Waals surface area contributed by atoms with Gasteiger partial charge in [0.25, 0.3) is 5.91 Å². The molecule has 108 valence electrons. The van der Waals surface area contributed by atoms with Gasteiger partial charge in [-0.05, 0) is 23.8 Å². The van der Waals surface area contributed by atoms with Gasteiger partial charge in [-0.15, -0.1) is 0 Å². The van der Waals surface area contributed by atoms with Gasteiger partial charge in [0.05, 0.1) is 6.54 Å². The van der Waals surface area contributed by atoms with Crippen LogP contribution in [0.4, 0.5) is 0 Å². The first-order valence-electron chi connectivity index (χ1n) is 6.77. The molecular formula is C17H19N3O. The van der Waals surface area contributed by atoms with Crippen molar-refractivity contribution in [2.24, 2.45) is 12.8 Å². The Hall–Kier alpha value is -2.51. The molecule has 0 saturated carbocycles. The second kappa shape index (κ2) is 6.78. The molecule has 2 N–H and O–H groups in total. The van der Waals surface area contributed by atoms with E-state index in [0.717, 1.165) is 11.1 Å². The highest BCUT2D eigenvalue weighted by molar-refractivity contribution is 5.92. The van der Waals surface area contributed by atoms with E-state index >= 15 is 0 Å². The zero-order valence-electron chi connectivity index (χ0n) is 12.3. The summed E-state index contributed by atoms with van der Waals surface area (Å²) in [6.45, 7) is 0.839. The largest absolute Gasteiger partial charge is 0.347 e. The molecule has 0 fully saturated rings. The van der Waals surface area contributed by atoms with Gasteiger partial charge in [-0.2, -0.15) is 0 Å².